The third-order valence-electron chi connectivity index (χ3n) is 3.47. The van der Waals surface area contributed by atoms with Gasteiger partial charge in [0.15, 0.2) is 0 Å². The maximum atomic E-state index is 13.3. The van der Waals surface area contributed by atoms with E-state index in [0.29, 0.717) is 17.7 Å². The van der Waals surface area contributed by atoms with Crippen LogP contribution in [0.3, 0.4) is 0 Å². The number of esters is 1. The van der Waals surface area contributed by atoms with Gasteiger partial charge in [0.05, 0.1) is 25.2 Å². The minimum Gasteiger partial charge on any atom is -0.469 e. The van der Waals surface area contributed by atoms with Gasteiger partial charge in [-0.1, -0.05) is 0 Å². The standard InChI is InChI=1S/C15H16FNO2S/c1-19-14(18)7-15(2-3-15)10-20-9-12-4-11(8-17)5-13(16)6-12/h4-6H,2-3,7,9-10H2,1H3. The van der Waals surface area contributed by atoms with Gasteiger partial charge in [-0.15, -0.1) is 0 Å². The number of nitriles is 1. The number of ether oxygens (including phenoxy) is 1. The zero-order valence-corrected chi connectivity index (χ0v) is 12.1. The molecule has 0 amide bonds. The zero-order valence-electron chi connectivity index (χ0n) is 11.3. The summed E-state index contributed by atoms with van der Waals surface area (Å²) >= 11 is 1.67. The van der Waals surface area contributed by atoms with Crippen molar-refractivity contribution in [2.24, 2.45) is 5.41 Å². The van der Waals surface area contributed by atoms with Gasteiger partial charge in [0.25, 0.3) is 0 Å². The van der Waals surface area contributed by atoms with Crippen LogP contribution in [0.1, 0.15) is 30.4 Å². The number of methoxy groups -OCH3 is 1. The second kappa shape index (κ2) is 6.27. The van der Waals surface area contributed by atoms with Crippen molar-refractivity contribution in [3.63, 3.8) is 0 Å². The van der Waals surface area contributed by atoms with E-state index in [1.54, 1.807) is 17.8 Å². The molecule has 1 aliphatic rings. The first-order valence-corrected chi connectivity index (χ1v) is 7.56. The number of carbonyl (C=O) groups excluding carboxylic acids is 1. The van der Waals surface area contributed by atoms with Crippen molar-refractivity contribution in [2.75, 3.05) is 12.9 Å². The van der Waals surface area contributed by atoms with Gasteiger partial charge < -0.3 is 4.74 Å². The fraction of sp³-hybridized carbons (Fsp3) is 0.467. The molecule has 0 aromatic heterocycles. The smallest absolute Gasteiger partial charge is 0.306 e. The van der Waals surface area contributed by atoms with Crippen LogP contribution in [0.4, 0.5) is 4.39 Å². The zero-order chi connectivity index (χ0) is 14.6. The third kappa shape index (κ3) is 3.97. The fourth-order valence-electron chi connectivity index (χ4n) is 2.11. The summed E-state index contributed by atoms with van der Waals surface area (Å²) in [6.45, 7) is 0. The van der Waals surface area contributed by atoms with Crippen LogP contribution in [0.25, 0.3) is 0 Å². The van der Waals surface area contributed by atoms with Crippen LogP contribution in [-0.4, -0.2) is 18.8 Å². The van der Waals surface area contributed by atoms with Crippen molar-refractivity contribution in [1.29, 1.82) is 5.26 Å². The van der Waals surface area contributed by atoms with E-state index in [4.69, 9.17) is 10.00 Å². The summed E-state index contributed by atoms with van der Waals surface area (Å²) in [5, 5.41) is 8.80. The summed E-state index contributed by atoms with van der Waals surface area (Å²) in [6, 6.07) is 6.34. The molecule has 5 heteroatoms. The monoisotopic (exact) mass is 293 g/mol. The molecule has 1 saturated carbocycles. The molecule has 0 N–H and O–H groups in total. The summed E-state index contributed by atoms with van der Waals surface area (Å²) < 4.78 is 18.0. The van der Waals surface area contributed by atoms with E-state index in [-0.39, 0.29) is 17.2 Å². The van der Waals surface area contributed by atoms with E-state index < -0.39 is 0 Å². The molecule has 106 valence electrons. The highest BCUT2D eigenvalue weighted by molar-refractivity contribution is 7.98. The van der Waals surface area contributed by atoms with E-state index in [9.17, 15) is 9.18 Å². The van der Waals surface area contributed by atoms with Gasteiger partial charge in [-0.3, -0.25) is 4.79 Å². The maximum Gasteiger partial charge on any atom is 0.306 e. The SMILES string of the molecule is COC(=O)CC1(CSCc2cc(F)cc(C#N)c2)CC1. The maximum absolute atomic E-state index is 13.3. The number of thioether (sulfide) groups is 1. The van der Waals surface area contributed by atoms with Gasteiger partial charge >= 0.3 is 5.97 Å². The van der Waals surface area contributed by atoms with E-state index >= 15 is 0 Å². The van der Waals surface area contributed by atoms with Crippen molar-refractivity contribution >= 4 is 17.7 Å². The number of carbonyl (C=O) groups is 1. The Morgan fingerprint density at radius 3 is 2.85 bits per heavy atom. The number of hydrogen-bond donors (Lipinski definition) is 0. The largest absolute Gasteiger partial charge is 0.469 e. The Morgan fingerprint density at radius 1 is 1.50 bits per heavy atom. The first-order valence-electron chi connectivity index (χ1n) is 6.41. The van der Waals surface area contributed by atoms with Gasteiger partial charge in [-0.2, -0.15) is 17.0 Å². The predicted molar refractivity (Wildman–Crippen MR) is 75.6 cm³/mol. The van der Waals surface area contributed by atoms with Crippen LogP contribution in [0.15, 0.2) is 18.2 Å². The Bertz CT molecular complexity index is 549. The number of halogens is 1. The van der Waals surface area contributed by atoms with Gasteiger partial charge in [0, 0.05) is 5.75 Å². The normalized spacial score (nSPS) is 15.4. The topological polar surface area (TPSA) is 50.1 Å². The molecule has 0 saturated heterocycles. The van der Waals surface area contributed by atoms with Crippen LogP contribution < -0.4 is 0 Å². The minimum absolute atomic E-state index is 0.0726. The molecule has 20 heavy (non-hydrogen) atoms. The average Bonchev–Trinajstić information content (AvgIpc) is 3.17. The van der Waals surface area contributed by atoms with Gasteiger partial charge in [0.2, 0.25) is 0 Å². The van der Waals surface area contributed by atoms with Crippen molar-refractivity contribution in [3.05, 3.63) is 35.1 Å². The quantitative estimate of drug-likeness (QED) is 0.755. The lowest BCUT2D eigenvalue weighted by atomic mass is 10.1. The molecule has 1 aliphatic carbocycles. The van der Waals surface area contributed by atoms with Crippen molar-refractivity contribution in [1.82, 2.24) is 0 Å². The lowest BCUT2D eigenvalue weighted by Gasteiger charge is -2.13. The first-order chi connectivity index (χ1) is 9.57. The second-order valence-corrected chi connectivity index (χ2v) is 6.19. The molecule has 0 spiro atoms. The highest BCUT2D eigenvalue weighted by Gasteiger charge is 2.44. The van der Waals surface area contributed by atoms with Crippen LogP contribution in [0.5, 0.6) is 0 Å². The second-order valence-electron chi connectivity index (χ2n) is 5.21. The van der Waals surface area contributed by atoms with Crippen LogP contribution >= 0.6 is 11.8 Å². The third-order valence-corrected chi connectivity index (χ3v) is 4.82. The van der Waals surface area contributed by atoms with Crippen molar-refractivity contribution in [2.45, 2.75) is 25.0 Å². The lowest BCUT2D eigenvalue weighted by Crippen LogP contribution is -2.13. The summed E-state index contributed by atoms with van der Waals surface area (Å²) in [6.07, 6.45) is 2.55. The van der Waals surface area contributed by atoms with Gasteiger partial charge in [-0.25, -0.2) is 4.39 Å². The average molecular weight is 293 g/mol. The highest BCUT2D eigenvalue weighted by atomic mass is 32.2. The number of nitrogens with zero attached hydrogens (tertiary/aromatic N) is 1. The molecule has 1 aromatic carbocycles. The molecular weight excluding hydrogens is 277 g/mol. The molecule has 0 atom stereocenters. The molecule has 0 unspecified atom stereocenters. The number of rotatable bonds is 6. The lowest BCUT2D eigenvalue weighted by molar-refractivity contribution is -0.141. The van der Waals surface area contributed by atoms with E-state index in [1.165, 1.54) is 19.2 Å². The molecule has 0 bridgehead atoms. The fourth-order valence-corrected chi connectivity index (χ4v) is 3.44. The Labute approximate surface area is 122 Å². The molecule has 1 fully saturated rings. The number of benzene rings is 1. The molecule has 2 rings (SSSR count). The Morgan fingerprint density at radius 2 is 2.25 bits per heavy atom. The molecule has 3 nitrogen and oxygen atoms in total. The first kappa shape index (κ1) is 14.9. The van der Waals surface area contributed by atoms with Gasteiger partial charge in [0.1, 0.15) is 5.82 Å². The highest BCUT2D eigenvalue weighted by Crippen LogP contribution is 2.51. The Kier molecular flexibility index (Phi) is 4.66. The van der Waals surface area contributed by atoms with E-state index in [2.05, 4.69) is 0 Å². The summed E-state index contributed by atoms with van der Waals surface area (Å²) in [7, 11) is 1.40. The summed E-state index contributed by atoms with van der Waals surface area (Å²) in [4.78, 5) is 11.3. The molecule has 0 heterocycles. The predicted octanol–water partition coefficient (Wildman–Crippen LogP) is 3.27. The van der Waals surface area contributed by atoms with Crippen LogP contribution in [0.2, 0.25) is 0 Å². The molecular formula is C15H16FNO2S. The van der Waals surface area contributed by atoms with Crippen molar-refractivity contribution in [3.8, 4) is 6.07 Å². The number of hydrogen-bond acceptors (Lipinski definition) is 4. The summed E-state index contributed by atoms with van der Waals surface area (Å²) in [5.74, 6) is 0.964. The molecule has 0 radical (unpaired) electrons. The minimum atomic E-state index is -0.379. The van der Waals surface area contributed by atoms with Crippen LogP contribution in [-0.2, 0) is 15.3 Å². The Balaban J connectivity index is 1.86. The van der Waals surface area contributed by atoms with Gasteiger partial charge in [-0.05, 0) is 47.8 Å². The summed E-state index contributed by atoms with van der Waals surface area (Å²) in [5.41, 5.74) is 1.22. The van der Waals surface area contributed by atoms with E-state index in [0.717, 1.165) is 24.2 Å². The van der Waals surface area contributed by atoms with E-state index in [1.807, 2.05) is 6.07 Å². The molecule has 0 aliphatic heterocycles. The Hall–Kier alpha value is -1.54. The van der Waals surface area contributed by atoms with Crippen LogP contribution in [0, 0.1) is 22.6 Å². The molecule has 1 aromatic rings. The van der Waals surface area contributed by atoms with Crippen molar-refractivity contribution < 1.29 is 13.9 Å².